The van der Waals surface area contributed by atoms with Crippen LogP contribution in [-0.2, 0) is 4.79 Å². The molecule has 1 atom stereocenters. The van der Waals surface area contributed by atoms with Gasteiger partial charge in [-0.15, -0.1) is 6.58 Å². The minimum absolute atomic E-state index is 0.183. The average Bonchev–Trinajstić information content (AvgIpc) is 2.61. The van der Waals surface area contributed by atoms with E-state index in [0.29, 0.717) is 0 Å². The van der Waals surface area contributed by atoms with Gasteiger partial charge in [0.2, 0.25) is 0 Å². The predicted octanol–water partition coefficient (Wildman–Crippen LogP) is 3.91. The highest BCUT2D eigenvalue weighted by Crippen LogP contribution is 2.35. The molecular formula is C19H21ClN2OS. The van der Waals surface area contributed by atoms with Crippen LogP contribution in [0.3, 0.4) is 0 Å². The van der Waals surface area contributed by atoms with Gasteiger partial charge in [0, 0.05) is 48.0 Å². The Bertz CT molecular complexity index is 723. The lowest BCUT2D eigenvalue weighted by molar-refractivity contribution is -0.110. The van der Waals surface area contributed by atoms with Gasteiger partial charge in [-0.3, -0.25) is 9.80 Å². The van der Waals surface area contributed by atoms with E-state index in [0.717, 1.165) is 59.7 Å². The number of aldehydes is 1. The second-order valence-corrected chi connectivity index (χ2v) is 7.43. The highest BCUT2D eigenvalue weighted by atomic mass is 35.5. The number of carbonyl (C=O) groups excluding carboxylic acids is 1. The number of hydrogen-bond acceptors (Lipinski definition) is 4. The van der Waals surface area contributed by atoms with Crippen LogP contribution in [-0.4, -0.2) is 54.2 Å². The molecule has 1 fully saturated rings. The maximum absolute atomic E-state index is 11.7. The number of nitrogens with zero attached hydrogens (tertiary/aromatic N) is 2. The fourth-order valence-electron chi connectivity index (χ4n) is 3.06. The van der Waals surface area contributed by atoms with Crippen molar-refractivity contribution in [2.45, 2.75) is 10.3 Å². The Balaban J connectivity index is 1.77. The molecule has 0 amide bonds. The van der Waals surface area contributed by atoms with Crippen LogP contribution < -0.4 is 0 Å². The zero-order valence-corrected chi connectivity index (χ0v) is 15.1. The third kappa shape index (κ3) is 3.83. The second kappa shape index (κ2) is 8.17. The Kier molecular flexibility index (Phi) is 5.95. The Labute approximate surface area is 152 Å². The van der Waals surface area contributed by atoms with Crippen LogP contribution in [0.4, 0.5) is 0 Å². The maximum Gasteiger partial charge on any atom is 0.147 e. The number of halogens is 1. The number of fused-ring (bicyclic) bond motifs is 1. The molecule has 24 heavy (non-hydrogen) atoms. The van der Waals surface area contributed by atoms with E-state index in [9.17, 15) is 4.79 Å². The Morgan fingerprint density at radius 2 is 1.88 bits per heavy atom. The predicted molar refractivity (Wildman–Crippen MR) is 103 cm³/mol. The minimum Gasteiger partial charge on any atom is -0.301 e. The molecular weight excluding hydrogens is 340 g/mol. The first-order valence-electron chi connectivity index (χ1n) is 8.09. The molecule has 0 aliphatic carbocycles. The molecule has 0 spiro atoms. The van der Waals surface area contributed by atoms with Crippen LogP contribution in [0.2, 0.25) is 5.02 Å². The Morgan fingerprint density at radius 1 is 1.17 bits per heavy atom. The van der Waals surface area contributed by atoms with Gasteiger partial charge in [-0.05, 0) is 17.5 Å². The number of rotatable bonds is 6. The Morgan fingerprint density at radius 3 is 2.54 bits per heavy atom. The summed E-state index contributed by atoms with van der Waals surface area (Å²) in [4.78, 5) is 17.4. The first-order valence-corrected chi connectivity index (χ1v) is 9.35. The molecule has 1 saturated heterocycles. The molecule has 2 aromatic carbocycles. The topological polar surface area (TPSA) is 23.6 Å². The van der Waals surface area contributed by atoms with Crippen LogP contribution in [0.1, 0.15) is 0 Å². The summed E-state index contributed by atoms with van der Waals surface area (Å²) in [6.07, 6.45) is 2.98. The molecule has 0 bridgehead atoms. The first-order chi connectivity index (χ1) is 11.7. The van der Waals surface area contributed by atoms with Crippen LogP contribution in [0.5, 0.6) is 0 Å². The molecule has 2 aromatic rings. The summed E-state index contributed by atoms with van der Waals surface area (Å²) in [5.41, 5.74) is 0. The normalized spacial score (nSPS) is 17.7. The summed E-state index contributed by atoms with van der Waals surface area (Å²) in [6.45, 7) is 8.41. The summed E-state index contributed by atoms with van der Waals surface area (Å²) < 4.78 is 0. The number of benzene rings is 2. The third-order valence-electron chi connectivity index (χ3n) is 4.33. The van der Waals surface area contributed by atoms with E-state index in [1.165, 1.54) is 0 Å². The molecule has 126 valence electrons. The van der Waals surface area contributed by atoms with E-state index >= 15 is 0 Å². The van der Waals surface area contributed by atoms with Gasteiger partial charge < -0.3 is 4.79 Å². The maximum atomic E-state index is 11.7. The van der Waals surface area contributed by atoms with Crippen molar-refractivity contribution >= 4 is 40.4 Å². The SMILES string of the molecule is C=CCN1CCN(C(C=O)Sc2cccc3cccc(Cl)c23)CC1. The quantitative estimate of drug-likeness (QED) is 0.442. The van der Waals surface area contributed by atoms with Crippen molar-refractivity contribution in [3.8, 4) is 0 Å². The molecule has 3 nitrogen and oxygen atoms in total. The third-order valence-corrected chi connectivity index (χ3v) is 5.89. The largest absolute Gasteiger partial charge is 0.301 e. The minimum atomic E-state index is -0.183. The van der Waals surface area contributed by atoms with Crippen molar-refractivity contribution in [2.75, 3.05) is 32.7 Å². The van der Waals surface area contributed by atoms with Gasteiger partial charge in [0.25, 0.3) is 0 Å². The first kappa shape index (κ1) is 17.5. The lowest BCUT2D eigenvalue weighted by Gasteiger charge is -2.36. The monoisotopic (exact) mass is 360 g/mol. The van der Waals surface area contributed by atoms with Crippen LogP contribution in [0, 0.1) is 0 Å². The molecule has 0 N–H and O–H groups in total. The molecule has 1 aliphatic heterocycles. The molecule has 0 aromatic heterocycles. The number of piperazine rings is 1. The van der Waals surface area contributed by atoms with Crippen molar-refractivity contribution < 1.29 is 4.79 Å². The smallest absolute Gasteiger partial charge is 0.147 e. The second-order valence-electron chi connectivity index (χ2n) is 5.86. The number of hydrogen-bond donors (Lipinski definition) is 0. The zero-order chi connectivity index (χ0) is 16.9. The van der Waals surface area contributed by atoms with Crippen molar-refractivity contribution in [3.63, 3.8) is 0 Å². The summed E-state index contributed by atoms with van der Waals surface area (Å²) in [6, 6.07) is 12.0. The summed E-state index contributed by atoms with van der Waals surface area (Å²) in [5.74, 6) is 0. The standard InChI is InChI=1S/C19H21ClN2OS/c1-2-9-21-10-12-22(13-11-21)18(14-23)24-17-8-4-6-15-5-3-7-16(20)19(15)17/h2-8,14,18H,1,9-13H2. The van der Waals surface area contributed by atoms with E-state index in [2.05, 4.69) is 28.5 Å². The fourth-order valence-corrected chi connectivity index (χ4v) is 4.58. The summed E-state index contributed by atoms with van der Waals surface area (Å²) in [7, 11) is 0. The van der Waals surface area contributed by atoms with E-state index in [1.54, 1.807) is 11.8 Å². The van der Waals surface area contributed by atoms with Crippen LogP contribution >= 0.6 is 23.4 Å². The molecule has 1 unspecified atom stereocenters. The number of thioether (sulfide) groups is 1. The average molecular weight is 361 g/mol. The highest BCUT2D eigenvalue weighted by Gasteiger charge is 2.24. The van der Waals surface area contributed by atoms with Crippen molar-refractivity contribution in [1.82, 2.24) is 9.80 Å². The van der Waals surface area contributed by atoms with Gasteiger partial charge in [-0.1, -0.05) is 53.7 Å². The molecule has 1 heterocycles. The van der Waals surface area contributed by atoms with Gasteiger partial charge in [0.1, 0.15) is 11.7 Å². The van der Waals surface area contributed by atoms with Crippen LogP contribution in [0.15, 0.2) is 53.9 Å². The summed E-state index contributed by atoms with van der Waals surface area (Å²) in [5, 5.41) is 2.69. The number of carbonyl (C=O) groups is 1. The van der Waals surface area contributed by atoms with Gasteiger partial charge >= 0.3 is 0 Å². The zero-order valence-electron chi connectivity index (χ0n) is 13.5. The highest BCUT2D eigenvalue weighted by molar-refractivity contribution is 8.00. The molecule has 1 aliphatic rings. The van der Waals surface area contributed by atoms with E-state index in [4.69, 9.17) is 11.6 Å². The van der Waals surface area contributed by atoms with E-state index < -0.39 is 0 Å². The van der Waals surface area contributed by atoms with Gasteiger partial charge in [0.05, 0.1) is 0 Å². The molecule has 0 saturated carbocycles. The van der Waals surface area contributed by atoms with Gasteiger partial charge in [-0.25, -0.2) is 0 Å². The van der Waals surface area contributed by atoms with Crippen molar-refractivity contribution in [3.05, 3.63) is 54.1 Å². The summed E-state index contributed by atoms with van der Waals surface area (Å²) >= 11 is 7.99. The molecule has 0 radical (unpaired) electrons. The van der Waals surface area contributed by atoms with Crippen molar-refractivity contribution in [1.29, 1.82) is 0 Å². The lowest BCUT2D eigenvalue weighted by atomic mass is 10.1. The van der Waals surface area contributed by atoms with E-state index in [1.807, 2.05) is 30.3 Å². The fraction of sp³-hybridized carbons (Fsp3) is 0.316. The van der Waals surface area contributed by atoms with E-state index in [-0.39, 0.29) is 5.37 Å². The van der Waals surface area contributed by atoms with Crippen molar-refractivity contribution in [2.24, 2.45) is 0 Å². The van der Waals surface area contributed by atoms with Gasteiger partial charge in [-0.2, -0.15) is 0 Å². The molecule has 5 heteroatoms. The molecule has 3 rings (SSSR count). The Hall–Kier alpha value is -1.33. The van der Waals surface area contributed by atoms with Crippen LogP contribution in [0.25, 0.3) is 10.8 Å². The lowest BCUT2D eigenvalue weighted by Crippen LogP contribution is -2.49. The van der Waals surface area contributed by atoms with Gasteiger partial charge in [0.15, 0.2) is 0 Å².